The lowest BCUT2D eigenvalue weighted by Crippen LogP contribution is -2.11. The molecule has 3 rings (SSSR count). The van der Waals surface area contributed by atoms with Crippen molar-refractivity contribution in [3.8, 4) is 40.1 Å². The number of benzene rings is 2. The first-order valence-electron chi connectivity index (χ1n) is 9.07. The summed E-state index contributed by atoms with van der Waals surface area (Å²) in [6, 6.07) is 7.54. The number of hydrogen-bond donors (Lipinski definition) is 0. The minimum Gasteiger partial charge on any atom is -0.496 e. The van der Waals surface area contributed by atoms with E-state index in [1.54, 1.807) is 6.07 Å². The van der Waals surface area contributed by atoms with E-state index in [0.717, 1.165) is 0 Å². The van der Waals surface area contributed by atoms with Crippen LogP contribution in [0.25, 0.3) is 22.3 Å². The van der Waals surface area contributed by atoms with Crippen LogP contribution in [-0.4, -0.2) is 33.3 Å². The molecule has 0 amide bonds. The van der Waals surface area contributed by atoms with Crippen LogP contribution in [0.15, 0.2) is 39.5 Å². The molecular weight excluding hydrogens is 408 g/mol. The smallest absolute Gasteiger partial charge is 0.308 e. The fourth-order valence-corrected chi connectivity index (χ4v) is 3.02. The Balaban J connectivity index is 2.30. The number of ether oxygens (including phenoxy) is 5. The van der Waals surface area contributed by atoms with Crippen molar-refractivity contribution in [3.63, 3.8) is 0 Å². The summed E-state index contributed by atoms with van der Waals surface area (Å²) in [7, 11) is 4.16. The van der Waals surface area contributed by atoms with Gasteiger partial charge in [0.15, 0.2) is 17.3 Å². The van der Waals surface area contributed by atoms with Gasteiger partial charge in [0.05, 0.1) is 21.3 Å². The number of carbonyl (C=O) groups is 2. The van der Waals surface area contributed by atoms with E-state index in [1.807, 2.05) is 0 Å². The summed E-state index contributed by atoms with van der Waals surface area (Å²) in [6.45, 7) is 2.49. The summed E-state index contributed by atoms with van der Waals surface area (Å²) in [6.07, 6.45) is 0. The van der Waals surface area contributed by atoms with Crippen LogP contribution < -0.4 is 29.1 Å². The second kappa shape index (κ2) is 8.78. The Morgan fingerprint density at radius 1 is 0.806 bits per heavy atom. The monoisotopic (exact) mass is 428 g/mol. The van der Waals surface area contributed by atoms with Crippen molar-refractivity contribution in [2.24, 2.45) is 0 Å². The Hall–Kier alpha value is -4.01. The van der Waals surface area contributed by atoms with Gasteiger partial charge in [-0.15, -0.1) is 0 Å². The minimum atomic E-state index is -0.609. The molecule has 0 saturated heterocycles. The molecule has 0 N–H and O–H groups in total. The van der Waals surface area contributed by atoms with Gasteiger partial charge >= 0.3 is 11.9 Å². The molecule has 31 heavy (non-hydrogen) atoms. The predicted octanol–water partition coefficient (Wildman–Crippen LogP) is 3.34. The molecule has 0 bridgehead atoms. The normalized spacial score (nSPS) is 10.5. The van der Waals surface area contributed by atoms with Crippen LogP contribution in [0.4, 0.5) is 0 Å². The van der Waals surface area contributed by atoms with Crippen LogP contribution in [0.3, 0.4) is 0 Å². The van der Waals surface area contributed by atoms with Gasteiger partial charge < -0.3 is 28.1 Å². The summed E-state index contributed by atoms with van der Waals surface area (Å²) in [5, 5.41) is 0.0279. The number of carbonyl (C=O) groups excluding carboxylic acids is 2. The van der Waals surface area contributed by atoms with Gasteiger partial charge in [-0.05, 0) is 18.2 Å². The van der Waals surface area contributed by atoms with Gasteiger partial charge in [0.25, 0.3) is 0 Å². The Morgan fingerprint density at radius 2 is 1.48 bits per heavy atom. The molecule has 0 fully saturated rings. The molecule has 0 atom stereocenters. The molecule has 0 spiro atoms. The average molecular weight is 428 g/mol. The van der Waals surface area contributed by atoms with Crippen molar-refractivity contribution in [2.45, 2.75) is 13.8 Å². The molecule has 162 valence electrons. The lowest BCUT2D eigenvalue weighted by Gasteiger charge is -2.14. The van der Waals surface area contributed by atoms with Gasteiger partial charge in [-0.2, -0.15) is 0 Å². The molecule has 1 aromatic heterocycles. The number of fused-ring (bicyclic) bond motifs is 1. The standard InChI is InChI=1S/C22H20O9/c1-11(23)29-15-7-6-13(8-16(15)27-4)21-22(28-5)20(25)19-17(30-12(2)24)9-14(26-3)10-18(19)31-21/h6-10H,1-5H3. The Kier molecular flexibility index (Phi) is 6.15. The van der Waals surface area contributed by atoms with Crippen LogP contribution in [0.2, 0.25) is 0 Å². The zero-order valence-electron chi connectivity index (χ0n) is 17.6. The van der Waals surface area contributed by atoms with Crippen molar-refractivity contribution in [1.29, 1.82) is 0 Å². The Labute approximate surface area is 177 Å². The van der Waals surface area contributed by atoms with Gasteiger partial charge in [0.1, 0.15) is 22.5 Å². The van der Waals surface area contributed by atoms with Crippen LogP contribution in [-0.2, 0) is 9.59 Å². The first kappa shape index (κ1) is 21.7. The third-order valence-corrected chi connectivity index (χ3v) is 4.26. The second-order valence-electron chi connectivity index (χ2n) is 6.35. The highest BCUT2D eigenvalue weighted by atomic mass is 16.6. The third-order valence-electron chi connectivity index (χ3n) is 4.26. The Morgan fingerprint density at radius 3 is 2.06 bits per heavy atom. The summed E-state index contributed by atoms with van der Waals surface area (Å²) in [4.78, 5) is 36.0. The van der Waals surface area contributed by atoms with E-state index in [2.05, 4.69) is 0 Å². The molecule has 9 heteroatoms. The highest BCUT2D eigenvalue weighted by Gasteiger charge is 2.23. The minimum absolute atomic E-state index is 0.0109. The number of esters is 2. The topological polar surface area (TPSA) is 110 Å². The maximum atomic E-state index is 13.2. The molecule has 3 aromatic rings. The quantitative estimate of drug-likeness (QED) is 0.431. The predicted molar refractivity (Wildman–Crippen MR) is 110 cm³/mol. The molecule has 9 nitrogen and oxygen atoms in total. The van der Waals surface area contributed by atoms with E-state index in [1.165, 1.54) is 59.4 Å². The summed E-state index contributed by atoms with van der Waals surface area (Å²) in [5.41, 5.74) is 0.0144. The van der Waals surface area contributed by atoms with Crippen molar-refractivity contribution in [2.75, 3.05) is 21.3 Å². The third kappa shape index (κ3) is 4.30. The number of rotatable bonds is 6. The number of hydrogen-bond acceptors (Lipinski definition) is 9. The van der Waals surface area contributed by atoms with Gasteiger partial charge in [0, 0.05) is 31.5 Å². The first-order chi connectivity index (χ1) is 14.8. The molecule has 2 aromatic carbocycles. The molecular formula is C22H20O9. The molecule has 0 radical (unpaired) electrons. The maximum absolute atomic E-state index is 13.2. The van der Waals surface area contributed by atoms with E-state index >= 15 is 0 Å². The Bertz CT molecular complexity index is 1220. The van der Waals surface area contributed by atoms with Crippen LogP contribution in [0.5, 0.6) is 28.7 Å². The fraction of sp³-hybridized carbons (Fsp3) is 0.227. The van der Waals surface area contributed by atoms with Crippen molar-refractivity contribution in [3.05, 3.63) is 40.6 Å². The van der Waals surface area contributed by atoms with Crippen molar-refractivity contribution >= 4 is 22.9 Å². The van der Waals surface area contributed by atoms with Gasteiger partial charge in [-0.3, -0.25) is 14.4 Å². The summed E-state index contributed by atoms with van der Waals surface area (Å²) >= 11 is 0. The van der Waals surface area contributed by atoms with Crippen LogP contribution >= 0.6 is 0 Å². The molecule has 0 unspecified atom stereocenters. The zero-order chi connectivity index (χ0) is 22.7. The first-order valence-corrected chi connectivity index (χ1v) is 9.07. The molecule has 0 aliphatic carbocycles. The van der Waals surface area contributed by atoms with Crippen LogP contribution in [0.1, 0.15) is 13.8 Å². The van der Waals surface area contributed by atoms with Gasteiger partial charge in [-0.25, -0.2) is 0 Å². The van der Waals surface area contributed by atoms with Crippen molar-refractivity contribution < 1.29 is 37.7 Å². The van der Waals surface area contributed by atoms with Crippen LogP contribution in [0, 0.1) is 0 Å². The van der Waals surface area contributed by atoms with E-state index in [4.69, 9.17) is 28.1 Å². The van der Waals surface area contributed by atoms with Gasteiger partial charge in [0.2, 0.25) is 11.2 Å². The maximum Gasteiger partial charge on any atom is 0.308 e. The fourth-order valence-electron chi connectivity index (χ4n) is 3.02. The van der Waals surface area contributed by atoms with E-state index in [-0.39, 0.29) is 39.7 Å². The highest BCUT2D eigenvalue weighted by Crippen LogP contribution is 2.39. The summed E-state index contributed by atoms with van der Waals surface area (Å²) < 4.78 is 32.1. The lowest BCUT2D eigenvalue weighted by molar-refractivity contribution is -0.132. The van der Waals surface area contributed by atoms with Gasteiger partial charge in [-0.1, -0.05) is 0 Å². The van der Waals surface area contributed by atoms with E-state index in [0.29, 0.717) is 11.3 Å². The van der Waals surface area contributed by atoms with E-state index in [9.17, 15) is 14.4 Å². The largest absolute Gasteiger partial charge is 0.496 e. The molecule has 0 aliphatic rings. The second-order valence-corrected chi connectivity index (χ2v) is 6.35. The number of methoxy groups -OCH3 is 3. The SMILES string of the molecule is COc1cc(OC(C)=O)c2c(=O)c(OC)c(-c3ccc(OC(C)=O)c(OC)c3)oc2c1. The molecule has 1 heterocycles. The highest BCUT2D eigenvalue weighted by molar-refractivity contribution is 5.90. The molecule has 0 aliphatic heterocycles. The zero-order valence-corrected chi connectivity index (χ0v) is 17.6. The summed E-state index contributed by atoms with van der Waals surface area (Å²) in [5.74, 6) is -0.339. The van der Waals surface area contributed by atoms with E-state index < -0.39 is 17.4 Å². The average Bonchev–Trinajstić information content (AvgIpc) is 2.72. The van der Waals surface area contributed by atoms with Crippen molar-refractivity contribution in [1.82, 2.24) is 0 Å². The molecule has 0 saturated carbocycles. The lowest BCUT2D eigenvalue weighted by atomic mass is 10.1.